The van der Waals surface area contributed by atoms with Crippen molar-refractivity contribution in [1.29, 1.82) is 0 Å². The molecule has 1 aromatic carbocycles. The van der Waals surface area contributed by atoms with Crippen LogP contribution in [-0.2, 0) is 0 Å². The minimum absolute atomic E-state index is 0.152. The molecule has 1 unspecified atom stereocenters. The summed E-state index contributed by atoms with van der Waals surface area (Å²) in [5, 5.41) is 0. The first-order valence-electron chi connectivity index (χ1n) is 5.53. The van der Waals surface area contributed by atoms with Gasteiger partial charge in [-0.05, 0) is 45.3 Å². The first kappa shape index (κ1) is 14.8. The lowest BCUT2D eigenvalue weighted by molar-refractivity contribution is 0.165. The molecule has 0 fully saturated rings. The van der Waals surface area contributed by atoms with Crippen molar-refractivity contribution in [1.82, 2.24) is 0 Å². The Balaban J connectivity index is 2.63. The molecular formula is C13H18BrFOS. The second-order valence-electron chi connectivity index (χ2n) is 5.13. The fourth-order valence-corrected chi connectivity index (χ4v) is 2.35. The van der Waals surface area contributed by atoms with Gasteiger partial charge in [0.15, 0.2) is 0 Å². The van der Waals surface area contributed by atoms with Crippen molar-refractivity contribution in [2.75, 3.05) is 12.4 Å². The maximum Gasteiger partial charge on any atom is 0.137 e. The average molecular weight is 321 g/mol. The van der Waals surface area contributed by atoms with Gasteiger partial charge in [0.1, 0.15) is 11.6 Å². The summed E-state index contributed by atoms with van der Waals surface area (Å²) in [6.07, 6.45) is 0. The zero-order valence-corrected chi connectivity index (χ0v) is 12.8. The Morgan fingerprint density at radius 2 is 2.06 bits per heavy atom. The van der Waals surface area contributed by atoms with Gasteiger partial charge in [-0.2, -0.15) is 12.6 Å². The lowest BCUT2D eigenvalue weighted by Gasteiger charge is -2.29. The third-order valence-corrected chi connectivity index (χ3v) is 3.84. The Hall–Kier alpha value is -0.220. The first-order valence-corrected chi connectivity index (χ1v) is 6.96. The van der Waals surface area contributed by atoms with Crippen LogP contribution in [0.4, 0.5) is 4.39 Å². The van der Waals surface area contributed by atoms with Crippen molar-refractivity contribution in [3.05, 3.63) is 28.5 Å². The summed E-state index contributed by atoms with van der Waals surface area (Å²) in [5.74, 6) is 1.52. The summed E-state index contributed by atoms with van der Waals surface area (Å²) in [6, 6.07) is 4.68. The highest BCUT2D eigenvalue weighted by Gasteiger charge is 2.23. The van der Waals surface area contributed by atoms with E-state index in [0.717, 1.165) is 5.75 Å². The molecule has 0 aliphatic carbocycles. The monoisotopic (exact) mass is 320 g/mol. The predicted molar refractivity (Wildman–Crippen MR) is 76.4 cm³/mol. The Bertz CT molecular complexity index is 376. The van der Waals surface area contributed by atoms with E-state index in [2.05, 4.69) is 49.3 Å². The maximum absolute atomic E-state index is 13.0. The Kier molecular flexibility index (Phi) is 5.32. The van der Waals surface area contributed by atoms with Gasteiger partial charge in [-0.3, -0.25) is 0 Å². The molecule has 0 saturated heterocycles. The van der Waals surface area contributed by atoms with Gasteiger partial charge in [0.2, 0.25) is 0 Å². The van der Waals surface area contributed by atoms with Crippen molar-refractivity contribution in [2.24, 2.45) is 11.3 Å². The smallest absolute Gasteiger partial charge is 0.137 e. The topological polar surface area (TPSA) is 9.23 Å². The molecule has 0 N–H and O–H groups in total. The average Bonchev–Trinajstić information content (AvgIpc) is 2.22. The Morgan fingerprint density at radius 1 is 1.41 bits per heavy atom. The predicted octanol–water partition coefficient (Wildman–Crippen LogP) is 4.56. The van der Waals surface area contributed by atoms with Crippen molar-refractivity contribution in [3.63, 3.8) is 0 Å². The summed E-state index contributed by atoms with van der Waals surface area (Å²) < 4.78 is 19.1. The molecule has 1 aromatic rings. The van der Waals surface area contributed by atoms with Gasteiger partial charge < -0.3 is 4.74 Å². The molecule has 0 amide bonds. The highest BCUT2D eigenvalue weighted by atomic mass is 79.9. The molecule has 0 spiro atoms. The van der Waals surface area contributed by atoms with Crippen LogP contribution < -0.4 is 4.74 Å². The number of thiol groups is 1. The molecule has 0 saturated carbocycles. The van der Waals surface area contributed by atoms with Crippen LogP contribution in [0.5, 0.6) is 5.75 Å². The van der Waals surface area contributed by atoms with E-state index in [9.17, 15) is 4.39 Å². The normalized spacial score (nSPS) is 13.5. The van der Waals surface area contributed by atoms with Crippen LogP contribution in [0.3, 0.4) is 0 Å². The number of benzene rings is 1. The number of rotatable bonds is 4. The van der Waals surface area contributed by atoms with Crippen LogP contribution in [0.15, 0.2) is 22.7 Å². The van der Waals surface area contributed by atoms with Gasteiger partial charge in [0.25, 0.3) is 0 Å². The molecule has 0 radical (unpaired) electrons. The summed E-state index contributed by atoms with van der Waals surface area (Å²) in [5.41, 5.74) is 0.152. The lowest BCUT2D eigenvalue weighted by Crippen LogP contribution is -2.28. The standard InChI is InChI=1S/C13H18BrFOS/c1-13(2,3)9(8-17)7-16-10-4-5-12(15)11(14)6-10/h4-6,9,17H,7-8H2,1-3H3. The van der Waals surface area contributed by atoms with Gasteiger partial charge in [0.05, 0.1) is 11.1 Å². The quantitative estimate of drug-likeness (QED) is 0.800. The van der Waals surface area contributed by atoms with Crippen LogP contribution in [-0.4, -0.2) is 12.4 Å². The number of hydrogen-bond donors (Lipinski definition) is 1. The van der Waals surface area contributed by atoms with Gasteiger partial charge in [-0.15, -0.1) is 0 Å². The molecule has 4 heteroatoms. The van der Waals surface area contributed by atoms with Crippen molar-refractivity contribution in [3.8, 4) is 5.75 Å². The van der Waals surface area contributed by atoms with E-state index in [-0.39, 0.29) is 11.2 Å². The van der Waals surface area contributed by atoms with Crippen LogP contribution in [0, 0.1) is 17.2 Å². The molecule has 0 aliphatic rings. The van der Waals surface area contributed by atoms with Crippen molar-refractivity contribution >= 4 is 28.6 Å². The maximum atomic E-state index is 13.0. The zero-order chi connectivity index (χ0) is 13.1. The van der Waals surface area contributed by atoms with Crippen LogP contribution >= 0.6 is 28.6 Å². The van der Waals surface area contributed by atoms with Crippen molar-refractivity contribution < 1.29 is 9.13 Å². The van der Waals surface area contributed by atoms with Gasteiger partial charge in [-0.1, -0.05) is 20.8 Å². The van der Waals surface area contributed by atoms with E-state index >= 15 is 0 Å². The van der Waals surface area contributed by atoms with E-state index in [0.29, 0.717) is 22.7 Å². The molecule has 17 heavy (non-hydrogen) atoms. The first-order chi connectivity index (χ1) is 7.84. The zero-order valence-electron chi connectivity index (χ0n) is 10.3. The number of hydrogen-bond acceptors (Lipinski definition) is 2. The Labute approximate surface area is 116 Å². The number of halogens is 2. The van der Waals surface area contributed by atoms with Gasteiger partial charge >= 0.3 is 0 Å². The summed E-state index contributed by atoms with van der Waals surface area (Å²) in [6.45, 7) is 7.08. The van der Waals surface area contributed by atoms with E-state index in [4.69, 9.17) is 4.74 Å². The third kappa shape index (κ3) is 4.51. The summed E-state index contributed by atoms with van der Waals surface area (Å²) in [7, 11) is 0. The second kappa shape index (κ2) is 6.10. The molecule has 0 aliphatic heterocycles. The Morgan fingerprint density at radius 3 is 2.53 bits per heavy atom. The fraction of sp³-hybridized carbons (Fsp3) is 0.538. The summed E-state index contributed by atoms with van der Waals surface area (Å²) in [4.78, 5) is 0. The van der Waals surface area contributed by atoms with E-state index in [1.807, 2.05) is 0 Å². The number of ether oxygens (including phenoxy) is 1. The molecule has 96 valence electrons. The van der Waals surface area contributed by atoms with Crippen LogP contribution in [0.1, 0.15) is 20.8 Å². The highest BCUT2D eigenvalue weighted by Crippen LogP contribution is 2.28. The molecule has 1 nitrogen and oxygen atoms in total. The molecule has 0 aromatic heterocycles. The van der Waals surface area contributed by atoms with Crippen LogP contribution in [0.25, 0.3) is 0 Å². The molecule has 1 atom stereocenters. The minimum Gasteiger partial charge on any atom is -0.493 e. The molecule has 1 rings (SSSR count). The minimum atomic E-state index is -0.279. The SMILES string of the molecule is CC(C)(C)C(CS)COc1ccc(F)c(Br)c1. The molecule has 0 heterocycles. The van der Waals surface area contributed by atoms with E-state index < -0.39 is 0 Å². The highest BCUT2D eigenvalue weighted by molar-refractivity contribution is 9.10. The van der Waals surface area contributed by atoms with Crippen molar-refractivity contribution in [2.45, 2.75) is 20.8 Å². The van der Waals surface area contributed by atoms with Gasteiger partial charge in [-0.25, -0.2) is 4.39 Å². The van der Waals surface area contributed by atoms with E-state index in [1.54, 1.807) is 12.1 Å². The lowest BCUT2D eigenvalue weighted by atomic mass is 9.82. The largest absolute Gasteiger partial charge is 0.493 e. The van der Waals surface area contributed by atoms with Crippen LogP contribution in [0.2, 0.25) is 0 Å². The van der Waals surface area contributed by atoms with Gasteiger partial charge in [0, 0.05) is 5.92 Å². The fourth-order valence-electron chi connectivity index (χ4n) is 1.34. The summed E-state index contributed by atoms with van der Waals surface area (Å²) >= 11 is 7.48. The second-order valence-corrected chi connectivity index (χ2v) is 6.35. The molecular weight excluding hydrogens is 303 g/mol. The third-order valence-electron chi connectivity index (χ3n) is 2.79. The van der Waals surface area contributed by atoms with E-state index in [1.165, 1.54) is 6.07 Å². The molecule has 0 bridgehead atoms.